The Labute approximate surface area is 93.5 Å². The fraction of sp³-hybridized carbons (Fsp3) is 0. The number of rotatable bonds is 3. The van der Waals surface area contributed by atoms with Crippen LogP contribution in [-0.4, -0.2) is 4.92 Å². The molecular weight excluding hydrogens is 202 g/mol. The van der Waals surface area contributed by atoms with Crippen molar-refractivity contribution < 1.29 is 4.92 Å². The summed E-state index contributed by atoms with van der Waals surface area (Å²) in [6.07, 6.45) is 1.80. The molecule has 0 saturated carbocycles. The van der Waals surface area contributed by atoms with E-state index < -0.39 is 0 Å². The van der Waals surface area contributed by atoms with Crippen LogP contribution >= 0.6 is 0 Å². The van der Waals surface area contributed by atoms with Crippen molar-refractivity contribution in [3.63, 3.8) is 0 Å². The molecule has 0 aliphatic carbocycles. The molecule has 2 aromatic rings. The molecule has 3 nitrogen and oxygen atoms in total. The lowest BCUT2D eigenvalue weighted by atomic mass is 10.0. The molecule has 0 aromatic heterocycles. The van der Waals surface area contributed by atoms with Crippen molar-refractivity contribution in [1.82, 2.24) is 0 Å². The minimum Gasteiger partial charge on any atom is -0.258 e. The average molecular weight is 212 g/mol. The van der Waals surface area contributed by atoms with Crippen molar-refractivity contribution in [2.75, 3.05) is 0 Å². The molecule has 1 radical (unpaired) electrons. The van der Waals surface area contributed by atoms with Gasteiger partial charge < -0.3 is 0 Å². The molecule has 3 heteroatoms. The summed E-state index contributed by atoms with van der Waals surface area (Å²) in [5, 5.41) is 10.8. The summed E-state index contributed by atoms with van der Waals surface area (Å²) in [6, 6.07) is 16.3. The Balaban J connectivity index is 2.31. The average Bonchev–Trinajstić information content (AvgIpc) is 2.31. The lowest BCUT2D eigenvalue weighted by Gasteiger charge is -2.02. The minimum absolute atomic E-state index is 0.131. The van der Waals surface area contributed by atoms with Gasteiger partial charge in [0.15, 0.2) is 0 Å². The monoisotopic (exact) mass is 212 g/mol. The van der Waals surface area contributed by atoms with E-state index in [9.17, 15) is 10.1 Å². The van der Waals surface area contributed by atoms with Gasteiger partial charge in [-0.15, -0.1) is 0 Å². The third-order valence-corrected chi connectivity index (χ3v) is 2.26. The molecule has 0 fully saturated rings. The first-order chi connectivity index (χ1) is 7.77. The number of nitro groups is 1. The van der Waals surface area contributed by atoms with E-state index in [1.165, 1.54) is 6.07 Å². The van der Waals surface area contributed by atoms with Crippen LogP contribution in [0.1, 0.15) is 11.1 Å². The lowest BCUT2D eigenvalue weighted by Crippen LogP contribution is -1.94. The van der Waals surface area contributed by atoms with Crippen LogP contribution in [0.2, 0.25) is 0 Å². The molecule has 2 aromatic carbocycles. The van der Waals surface area contributed by atoms with Crippen LogP contribution in [-0.2, 0) is 0 Å². The number of hydrogen-bond acceptors (Lipinski definition) is 2. The maximum atomic E-state index is 10.8. The summed E-state index contributed by atoms with van der Waals surface area (Å²) < 4.78 is 0. The van der Waals surface area contributed by atoms with Gasteiger partial charge in [-0.25, -0.2) is 0 Å². The first-order valence-corrected chi connectivity index (χ1v) is 4.90. The van der Waals surface area contributed by atoms with Gasteiger partial charge in [0, 0.05) is 18.1 Å². The van der Waals surface area contributed by atoms with Crippen molar-refractivity contribution in [1.29, 1.82) is 0 Å². The van der Waals surface area contributed by atoms with E-state index in [1.54, 1.807) is 24.6 Å². The van der Waals surface area contributed by atoms with Gasteiger partial charge in [-0.3, -0.25) is 10.1 Å². The van der Waals surface area contributed by atoms with E-state index in [0.29, 0.717) is 5.56 Å². The van der Waals surface area contributed by atoms with E-state index in [2.05, 4.69) is 0 Å². The molecule has 79 valence electrons. The summed E-state index contributed by atoms with van der Waals surface area (Å²) in [6.45, 7) is 0. The van der Waals surface area contributed by atoms with Crippen LogP contribution in [0, 0.1) is 16.5 Å². The molecule has 0 aliphatic rings. The maximum absolute atomic E-state index is 10.8. The molecule has 0 atom stereocenters. The van der Waals surface area contributed by atoms with Crippen LogP contribution in [0.15, 0.2) is 54.6 Å². The zero-order valence-electron chi connectivity index (χ0n) is 8.54. The Kier molecular flexibility index (Phi) is 2.96. The molecule has 16 heavy (non-hydrogen) atoms. The number of hydrogen-bond donors (Lipinski definition) is 0. The van der Waals surface area contributed by atoms with Crippen molar-refractivity contribution in [3.05, 3.63) is 82.3 Å². The predicted octanol–water partition coefficient (Wildman–Crippen LogP) is 3.20. The second-order valence-corrected chi connectivity index (χ2v) is 3.37. The topological polar surface area (TPSA) is 43.1 Å². The Morgan fingerprint density at radius 2 is 1.56 bits per heavy atom. The summed E-state index contributed by atoms with van der Waals surface area (Å²) in [5.41, 5.74) is 1.71. The highest BCUT2D eigenvalue weighted by atomic mass is 16.6. The third-order valence-electron chi connectivity index (χ3n) is 2.26. The zero-order chi connectivity index (χ0) is 11.4. The first kappa shape index (κ1) is 10.4. The minimum atomic E-state index is -0.366. The van der Waals surface area contributed by atoms with Gasteiger partial charge in [0.05, 0.1) is 4.92 Å². The molecule has 0 N–H and O–H groups in total. The van der Waals surface area contributed by atoms with E-state index >= 15 is 0 Å². The molecule has 0 spiro atoms. The number of benzene rings is 2. The van der Waals surface area contributed by atoms with E-state index in [-0.39, 0.29) is 10.6 Å². The van der Waals surface area contributed by atoms with E-state index in [4.69, 9.17) is 0 Å². The summed E-state index contributed by atoms with van der Waals surface area (Å²) >= 11 is 0. The molecule has 0 heterocycles. The summed E-state index contributed by atoms with van der Waals surface area (Å²) in [7, 11) is 0. The molecule has 0 unspecified atom stereocenters. The van der Waals surface area contributed by atoms with Crippen molar-refractivity contribution in [3.8, 4) is 0 Å². The van der Waals surface area contributed by atoms with Crippen LogP contribution < -0.4 is 0 Å². The smallest absolute Gasteiger partial charge is 0.258 e. The van der Waals surface area contributed by atoms with Gasteiger partial charge in [0.2, 0.25) is 0 Å². The normalized spacial score (nSPS) is 10.0. The Hall–Kier alpha value is -2.16. The number of nitrogens with zero attached hydrogens (tertiary/aromatic N) is 1. The van der Waals surface area contributed by atoms with E-state index in [0.717, 1.165) is 5.56 Å². The van der Waals surface area contributed by atoms with Crippen LogP contribution in [0.3, 0.4) is 0 Å². The van der Waals surface area contributed by atoms with E-state index in [1.807, 2.05) is 30.3 Å². The van der Waals surface area contributed by atoms with Gasteiger partial charge >= 0.3 is 0 Å². The molecule has 0 amide bonds. The maximum Gasteiger partial charge on any atom is 0.273 e. The fourth-order valence-electron chi connectivity index (χ4n) is 1.50. The molecule has 2 rings (SSSR count). The third kappa shape index (κ3) is 2.25. The largest absolute Gasteiger partial charge is 0.273 e. The first-order valence-electron chi connectivity index (χ1n) is 4.90. The van der Waals surface area contributed by atoms with Crippen LogP contribution in [0.25, 0.3) is 0 Å². The molecule has 0 saturated heterocycles. The molecule has 0 aliphatic heterocycles. The Morgan fingerprint density at radius 3 is 2.25 bits per heavy atom. The highest BCUT2D eigenvalue weighted by Crippen LogP contribution is 2.22. The predicted molar refractivity (Wildman–Crippen MR) is 62.0 cm³/mol. The molecular formula is C13H10NO2. The van der Waals surface area contributed by atoms with Crippen LogP contribution in [0.4, 0.5) is 5.69 Å². The fourth-order valence-corrected chi connectivity index (χ4v) is 1.50. The molecule has 0 bridgehead atoms. The second kappa shape index (κ2) is 4.57. The van der Waals surface area contributed by atoms with Crippen molar-refractivity contribution >= 4 is 5.69 Å². The van der Waals surface area contributed by atoms with Crippen molar-refractivity contribution in [2.24, 2.45) is 0 Å². The summed E-state index contributed by atoms with van der Waals surface area (Å²) in [4.78, 5) is 10.4. The zero-order valence-corrected chi connectivity index (χ0v) is 8.54. The second-order valence-electron chi connectivity index (χ2n) is 3.37. The standard InChI is InChI=1S/C13H10NO2/c15-14(16)13-9-5-4-8-12(13)10-11-6-2-1-3-7-11/h1-10H. The quantitative estimate of drug-likeness (QED) is 0.579. The number of nitro benzene ring substituents is 1. The van der Waals surface area contributed by atoms with Gasteiger partial charge in [-0.05, 0) is 5.56 Å². The highest BCUT2D eigenvalue weighted by molar-refractivity contribution is 5.49. The summed E-state index contributed by atoms with van der Waals surface area (Å²) in [5.74, 6) is 0. The highest BCUT2D eigenvalue weighted by Gasteiger charge is 2.12. The van der Waals surface area contributed by atoms with Crippen LogP contribution in [0.5, 0.6) is 0 Å². The van der Waals surface area contributed by atoms with Gasteiger partial charge in [0.25, 0.3) is 5.69 Å². The Bertz CT molecular complexity index is 494. The SMILES string of the molecule is O=[N+]([O-])c1ccccc1[CH]c1ccccc1. The van der Waals surface area contributed by atoms with Gasteiger partial charge in [0.1, 0.15) is 0 Å². The van der Waals surface area contributed by atoms with Crippen molar-refractivity contribution in [2.45, 2.75) is 0 Å². The van der Waals surface area contributed by atoms with Gasteiger partial charge in [-0.1, -0.05) is 48.5 Å². The lowest BCUT2D eigenvalue weighted by molar-refractivity contribution is -0.385. The van der Waals surface area contributed by atoms with Gasteiger partial charge in [-0.2, -0.15) is 0 Å². The Morgan fingerprint density at radius 1 is 0.938 bits per heavy atom. The number of para-hydroxylation sites is 1.